The van der Waals surface area contributed by atoms with Gasteiger partial charge in [0.05, 0.1) is 11.7 Å². The Morgan fingerprint density at radius 3 is 2.43 bits per heavy atom. The summed E-state index contributed by atoms with van der Waals surface area (Å²) in [5.41, 5.74) is 3.01. The molecule has 0 spiro atoms. The number of rotatable bonds is 6. The maximum Gasteiger partial charge on any atom is 0.146 e. The van der Waals surface area contributed by atoms with Gasteiger partial charge in [-0.3, -0.25) is 4.98 Å². The van der Waals surface area contributed by atoms with Gasteiger partial charge in [-0.1, -0.05) is 45.0 Å². The van der Waals surface area contributed by atoms with Gasteiger partial charge in [-0.15, -0.1) is 0 Å². The molecule has 0 saturated heterocycles. The summed E-state index contributed by atoms with van der Waals surface area (Å²) in [6, 6.07) is 11.5. The molecule has 0 bridgehead atoms. The molecule has 1 aromatic heterocycles. The zero-order valence-electron chi connectivity index (χ0n) is 12.9. The quantitative estimate of drug-likeness (QED) is 0.859. The van der Waals surface area contributed by atoms with Crippen LogP contribution in [0.15, 0.2) is 42.6 Å². The van der Waals surface area contributed by atoms with E-state index in [1.165, 1.54) is 17.2 Å². The zero-order valence-corrected chi connectivity index (χ0v) is 12.9. The molecule has 2 rings (SSSR count). The maximum absolute atomic E-state index is 13.9. The topological polar surface area (TPSA) is 24.9 Å². The Hall–Kier alpha value is -1.74. The lowest BCUT2D eigenvalue weighted by molar-refractivity contribution is 0.494. The Labute approximate surface area is 126 Å². The van der Waals surface area contributed by atoms with E-state index in [0.29, 0.717) is 11.6 Å². The van der Waals surface area contributed by atoms with E-state index in [-0.39, 0.29) is 11.9 Å². The third-order valence-electron chi connectivity index (χ3n) is 3.65. The van der Waals surface area contributed by atoms with E-state index in [1.54, 1.807) is 12.3 Å². The maximum atomic E-state index is 13.9. The van der Waals surface area contributed by atoms with Crippen molar-refractivity contribution in [1.29, 1.82) is 0 Å². The second-order valence-electron chi connectivity index (χ2n) is 5.58. The summed E-state index contributed by atoms with van der Waals surface area (Å²) in [4.78, 5) is 4.20. The van der Waals surface area contributed by atoms with Crippen LogP contribution in [0.5, 0.6) is 0 Å². The van der Waals surface area contributed by atoms with Gasteiger partial charge in [-0.25, -0.2) is 4.39 Å². The highest BCUT2D eigenvalue weighted by Crippen LogP contribution is 2.21. The first-order valence-corrected chi connectivity index (χ1v) is 7.54. The van der Waals surface area contributed by atoms with Crippen LogP contribution in [0.1, 0.15) is 49.6 Å². The van der Waals surface area contributed by atoms with Crippen molar-refractivity contribution in [1.82, 2.24) is 10.3 Å². The predicted molar refractivity (Wildman–Crippen MR) is 84.8 cm³/mol. The summed E-state index contributed by atoms with van der Waals surface area (Å²) in [6.07, 6.45) is 2.38. The van der Waals surface area contributed by atoms with E-state index < -0.39 is 0 Å². The summed E-state index contributed by atoms with van der Waals surface area (Å²) in [5, 5.41) is 3.32. The van der Waals surface area contributed by atoms with Gasteiger partial charge in [-0.05, 0) is 42.1 Å². The van der Waals surface area contributed by atoms with E-state index in [1.807, 2.05) is 6.92 Å². The number of likely N-dealkylation sites (N-methyl/N-ethyl adjacent to an activating group) is 1. The van der Waals surface area contributed by atoms with Crippen molar-refractivity contribution in [3.63, 3.8) is 0 Å². The second kappa shape index (κ2) is 7.32. The fourth-order valence-corrected chi connectivity index (χ4v) is 2.44. The van der Waals surface area contributed by atoms with Gasteiger partial charge in [0.2, 0.25) is 0 Å². The molecule has 21 heavy (non-hydrogen) atoms. The van der Waals surface area contributed by atoms with E-state index in [9.17, 15) is 4.39 Å². The molecule has 1 heterocycles. The lowest BCUT2D eigenvalue weighted by atomic mass is 9.98. The molecule has 2 nitrogen and oxygen atoms in total. The van der Waals surface area contributed by atoms with Gasteiger partial charge < -0.3 is 5.32 Å². The molecular formula is C18H23FN2. The monoisotopic (exact) mass is 286 g/mol. The molecule has 1 N–H and O–H groups in total. The Bertz CT molecular complexity index is 564. The third kappa shape index (κ3) is 4.11. The van der Waals surface area contributed by atoms with Crippen molar-refractivity contribution >= 4 is 0 Å². The summed E-state index contributed by atoms with van der Waals surface area (Å²) < 4.78 is 13.9. The normalized spacial score (nSPS) is 12.6. The molecule has 0 saturated carbocycles. The van der Waals surface area contributed by atoms with Crippen LogP contribution < -0.4 is 5.32 Å². The van der Waals surface area contributed by atoms with Gasteiger partial charge >= 0.3 is 0 Å². The molecule has 0 aliphatic heterocycles. The average molecular weight is 286 g/mol. The molecule has 1 aromatic carbocycles. The Morgan fingerprint density at radius 2 is 1.86 bits per heavy atom. The van der Waals surface area contributed by atoms with Crippen LogP contribution in [0.25, 0.3) is 0 Å². The summed E-state index contributed by atoms with van der Waals surface area (Å²) in [7, 11) is 0. The first-order valence-electron chi connectivity index (χ1n) is 7.54. The van der Waals surface area contributed by atoms with Gasteiger partial charge in [0.25, 0.3) is 0 Å². The molecule has 0 aliphatic carbocycles. The molecule has 0 amide bonds. The molecule has 1 atom stereocenters. The average Bonchev–Trinajstić information content (AvgIpc) is 2.48. The third-order valence-corrected chi connectivity index (χ3v) is 3.65. The molecule has 0 radical (unpaired) electrons. The van der Waals surface area contributed by atoms with E-state index in [4.69, 9.17) is 0 Å². The first kappa shape index (κ1) is 15.6. The fraction of sp³-hybridized carbons (Fsp3) is 0.389. The molecule has 2 aromatic rings. The number of hydrogen-bond donors (Lipinski definition) is 1. The molecule has 1 unspecified atom stereocenters. The first-order chi connectivity index (χ1) is 10.1. The van der Waals surface area contributed by atoms with E-state index in [2.05, 4.69) is 48.4 Å². The Kier molecular flexibility index (Phi) is 5.45. The van der Waals surface area contributed by atoms with E-state index >= 15 is 0 Å². The van der Waals surface area contributed by atoms with Crippen molar-refractivity contribution in [2.45, 2.75) is 39.2 Å². The number of aromatic nitrogens is 1. The standard InChI is InChI=1S/C18H23FN2/c1-4-20-17(18-16(19)6-5-11-21-18)12-14-7-9-15(10-8-14)13(2)3/h5-11,13,17,20H,4,12H2,1-3H3. The lowest BCUT2D eigenvalue weighted by Gasteiger charge is -2.18. The number of hydrogen-bond acceptors (Lipinski definition) is 2. The molecule has 0 aliphatic rings. The van der Waals surface area contributed by atoms with Gasteiger partial charge in [0, 0.05) is 6.20 Å². The van der Waals surface area contributed by atoms with Crippen LogP contribution in [-0.2, 0) is 6.42 Å². The fourth-order valence-electron chi connectivity index (χ4n) is 2.44. The lowest BCUT2D eigenvalue weighted by Crippen LogP contribution is -2.25. The minimum absolute atomic E-state index is 0.0962. The number of benzene rings is 1. The van der Waals surface area contributed by atoms with Gasteiger partial charge in [-0.2, -0.15) is 0 Å². The SMILES string of the molecule is CCNC(Cc1ccc(C(C)C)cc1)c1ncccc1F. The summed E-state index contributed by atoms with van der Waals surface area (Å²) in [6.45, 7) is 7.17. The largest absolute Gasteiger partial charge is 0.309 e. The van der Waals surface area contributed by atoms with E-state index in [0.717, 1.165) is 13.0 Å². The highest BCUT2D eigenvalue weighted by atomic mass is 19.1. The van der Waals surface area contributed by atoms with Crippen LogP contribution >= 0.6 is 0 Å². The van der Waals surface area contributed by atoms with Crippen molar-refractivity contribution in [3.8, 4) is 0 Å². The van der Waals surface area contributed by atoms with Gasteiger partial charge in [0.1, 0.15) is 5.82 Å². The van der Waals surface area contributed by atoms with Gasteiger partial charge in [0.15, 0.2) is 0 Å². The number of pyridine rings is 1. The Morgan fingerprint density at radius 1 is 1.14 bits per heavy atom. The summed E-state index contributed by atoms with van der Waals surface area (Å²) in [5.74, 6) is 0.277. The van der Waals surface area contributed by atoms with Crippen LogP contribution in [0.2, 0.25) is 0 Å². The number of nitrogens with zero attached hydrogens (tertiary/aromatic N) is 1. The number of halogens is 1. The molecule has 3 heteroatoms. The van der Waals surface area contributed by atoms with Crippen LogP contribution in [-0.4, -0.2) is 11.5 Å². The van der Waals surface area contributed by atoms with Crippen molar-refractivity contribution in [3.05, 3.63) is 65.2 Å². The minimum atomic E-state index is -0.248. The molecule has 112 valence electrons. The molecule has 0 fully saturated rings. The second-order valence-corrected chi connectivity index (χ2v) is 5.58. The molecular weight excluding hydrogens is 263 g/mol. The van der Waals surface area contributed by atoms with Crippen molar-refractivity contribution < 1.29 is 4.39 Å². The van der Waals surface area contributed by atoms with Crippen LogP contribution in [0.3, 0.4) is 0 Å². The smallest absolute Gasteiger partial charge is 0.146 e. The van der Waals surface area contributed by atoms with Crippen LogP contribution in [0.4, 0.5) is 4.39 Å². The number of nitrogens with one attached hydrogen (secondary N) is 1. The zero-order chi connectivity index (χ0) is 15.2. The van der Waals surface area contributed by atoms with Crippen LogP contribution in [0, 0.1) is 5.82 Å². The van der Waals surface area contributed by atoms with Crippen molar-refractivity contribution in [2.75, 3.05) is 6.54 Å². The predicted octanol–water partition coefficient (Wildman–Crippen LogP) is 4.24. The summed E-state index contributed by atoms with van der Waals surface area (Å²) >= 11 is 0. The minimum Gasteiger partial charge on any atom is -0.309 e. The highest BCUT2D eigenvalue weighted by Gasteiger charge is 2.16. The van der Waals surface area contributed by atoms with Crippen molar-refractivity contribution in [2.24, 2.45) is 0 Å². The Balaban J connectivity index is 2.18. The highest BCUT2D eigenvalue weighted by molar-refractivity contribution is 5.26.